The van der Waals surface area contributed by atoms with Crippen LogP contribution in [0, 0.1) is 10.1 Å². The molecule has 0 aliphatic rings. The number of nitrogens with zero attached hydrogens (tertiary/aromatic N) is 2. The normalized spacial score (nSPS) is 10.8. The Labute approximate surface area is 109 Å². The number of benzene rings is 1. The van der Waals surface area contributed by atoms with E-state index in [-0.39, 0.29) is 30.0 Å². The highest BCUT2D eigenvalue weighted by Crippen LogP contribution is 2.18. The van der Waals surface area contributed by atoms with Gasteiger partial charge in [0.2, 0.25) is 0 Å². The zero-order valence-electron chi connectivity index (χ0n) is 9.98. The number of carbonyl (C=O) groups is 1. The molecule has 1 aromatic carbocycles. The van der Waals surface area contributed by atoms with Crippen molar-refractivity contribution in [3.05, 3.63) is 52.6 Å². The number of ether oxygens (including phenoxy) is 1. The van der Waals surface area contributed by atoms with Crippen molar-refractivity contribution in [2.24, 2.45) is 5.16 Å². The summed E-state index contributed by atoms with van der Waals surface area (Å²) in [5.74, 6) is -0.847. The fraction of sp³-hybridized carbons (Fsp3) is 0.167. The zero-order valence-corrected chi connectivity index (χ0v) is 9.98. The quantitative estimate of drug-likeness (QED) is 0.210. The van der Waals surface area contributed by atoms with Crippen molar-refractivity contribution >= 4 is 17.4 Å². The van der Waals surface area contributed by atoms with Crippen LogP contribution in [-0.4, -0.2) is 28.4 Å². The molecule has 1 rings (SSSR count). The average Bonchev–Trinajstić information content (AvgIpc) is 2.42. The third kappa shape index (κ3) is 3.91. The molecule has 0 fully saturated rings. The lowest BCUT2D eigenvalue weighted by molar-refractivity contribution is -0.385. The van der Waals surface area contributed by atoms with E-state index in [0.29, 0.717) is 0 Å². The van der Waals surface area contributed by atoms with E-state index in [2.05, 4.69) is 11.7 Å². The van der Waals surface area contributed by atoms with E-state index in [1.165, 1.54) is 24.3 Å². The second-order valence-corrected chi connectivity index (χ2v) is 3.50. The summed E-state index contributed by atoms with van der Waals surface area (Å²) in [6.45, 7) is 3.34. The molecule has 0 radical (unpaired) electrons. The van der Waals surface area contributed by atoms with Gasteiger partial charge < -0.3 is 9.94 Å². The molecule has 19 heavy (non-hydrogen) atoms. The van der Waals surface area contributed by atoms with Gasteiger partial charge in [0.15, 0.2) is 5.71 Å². The smallest absolute Gasteiger partial charge is 0.356 e. The lowest BCUT2D eigenvalue weighted by atomic mass is 10.1. The first kappa shape index (κ1) is 14.4. The van der Waals surface area contributed by atoms with Crippen molar-refractivity contribution in [3.8, 4) is 0 Å². The van der Waals surface area contributed by atoms with Crippen molar-refractivity contribution in [1.82, 2.24) is 0 Å². The first-order chi connectivity index (χ1) is 9.10. The van der Waals surface area contributed by atoms with Crippen molar-refractivity contribution in [2.45, 2.75) is 6.42 Å². The van der Waals surface area contributed by atoms with E-state index in [4.69, 9.17) is 9.94 Å². The van der Waals surface area contributed by atoms with Crippen LogP contribution in [-0.2, 0) is 16.0 Å². The molecule has 0 aliphatic heterocycles. The Morgan fingerprint density at radius 2 is 2.21 bits per heavy atom. The fourth-order valence-electron chi connectivity index (χ4n) is 1.39. The molecule has 0 amide bonds. The topological polar surface area (TPSA) is 102 Å². The monoisotopic (exact) mass is 264 g/mol. The van der Waals surface area contributed by atoms with Crippen molar-refractivity contribution in [1.29, 1.82) is 0 Å². The molecule has 1 N–H and O–H groups in total. The van der Waals surface area contributed by atoms with Gasteiger partial charge in [-0.1, -0.05) is 36.0 Å². The molecular formula is C12H12N2O5. The molecule has 0 saturated carbocycles. The van der Waals surface area contributed by atoms with Gasteiger partial charge in [-0.2, -0.15) is 0 Å². The highest BCUT2D eigenvalue weighted by Gasteiger charge is 2.20. The molecule has 0 atom stereocenters. The fourth-order valence-corrected chi connectivity index (χ4v) is 1.39. The standard InChI is InChI=1S/C12H12N2O5/c1-2-7-19-12(15)10(13-16)8-9-5-3-4-6-11(9)14(17)18/h2-6,16H,1,7-8H2/b13-10-. The molecule has 7 nitrogen and oxygen atoms in total. The van der Waals surface area contributed by atoms with Gasteiger partial charge in [0.25, 0.3) is 5.69 Å². The van der Waals surface area contributed by atoms with Gasteiger partial charge in [0.1, 0.15) is 6.61 Å². The number of hydrogen-bond acceptors (Lipinski definition) is 6. The highest BCUT2D eigenvalue weighted by molar-refractivity contribution is 6.36. The minimum absolute atomic E-state index is 0.0330. The Hall–Kier alpha value is -2.70. The van der Waals surface area contributed by atoms with Crippen molar-refractivity contribution in [3.63, 3.8) is 0 Å². The van der Waals surface area contributed by atoms with Gasteiger partial charge in [-0.3, -0.25) is 10.1 Å². The largest absolute Gasteiger partial charge is 0.457 e. The van der Waals surface area contributed by atoms with Crippen LogP contribution in [0.2, 0.25) is 0 Å². The number of rotatable bonds is 6. The van der Waals surface area contributed by atoms with Crippen LogP contribution in [0.15, 0.2) is 42.1 Å². The van der Waals surface area contributed by atoms with E-state index in [0.717, 1.165) is 0 Å². The number of hydrogen-bond donors (Lipinski definition) is 1. The molecule has 0 heterocycles. The van der Waals surface area contributed by atoms with Crippen LogP contribution in [0.4, 0.5) is 5.69 Å². The molecule has 0 aliphatic carbocycles. The Kier molecular flexibility index (Phi) is 5.21. The predicted octanol–water partition coefficient (Wildman–Crippen LogP) is 1.70. The van der Waals surface area contributed by atoms with Gasteiger partial charge in [-0.05, 0) is 0 Å². The van der Waals surface area contributed by atoms with Gasteiger partial charge in [0.05, 0.1) is 4.92 Å². The van der Waals surface area contributed by atoms with Gasteiger partial charge >= 0.3 is 5.97 Å². The zero-order chi connectivity index (χ0) is 14.3. The SMILES string of the molecule is C=CCOC(=O)/C(Cc1ccccc1[N+](=O)[O-])=N\O. The highest BCUT2D eigenvalue weighted by atomic mass is 16.6. The molecule has 7 heteroatoms. The van der Waals surface area contributed by atoms with E-state index < -0.39 is 10.9 Å². The van der Waals surface area contributed by atoms with Crippen LogP contribution in [0.25, 0.3) is 0 Å². The maximum atomic E-state index is 11.5. The predicted molar refractivity (Wildman–Crippen MR) is 67.2 cm³/mol. The number of para-hydroxylation sites is 1. The number of oxime groups is 1. The summed E-state index contributed by atoms with van der Waals surface area (Å²) in [6, 6.07) is 5.88. The minimum atomic E-state index is -0.847. The second kappa shape index (κ2) is 6.90. The lowest BCUT2D eigenvalue weighted by Gasteiger charge is -2.05. The third-order valence-corrected chi connectivity index (χ3v) is 2.23. The van der Waals surface area contributed by atoms with Crippen molar-refractivity contribution < 1.29 is 19.7 Å². The Bertz CT molecular complexity index is 525. The van der Waals surface area contributed by atoms with E-state index in [9.17, 15) is 14.9 Å². The summed E-state index contributed by atoms with van der Waals surface area (Å²) in [7, 11) is 0. The number of carbonyl (C=O) groups excluding carboxylic acids is 1. The first-order valence-corrected chi connectivity index (χ1v) is 5.31. The summed E-state index contributed by atoms with van der Waals surface area (Å²) in [5, 5.41) is 22.4. The van der Waals surface area contributed by atoms with Crippen LogP contribution < -0.4 is 0 Å². The molecule has 0 unspecified atom stereocenters. The molecule has 0 aromatic heterocycles. The van der Waals surface area contributed by atoms with Crippen LogP contribution in [0.5, 0.6) is 0 Å². The summed E-state index contributed by atoms with van der Waals surface area (Å²) < 4.78 is 4.70. The van der Waals surface area contributed by atoms with Crippen LogP contribution in [0.1, 0.15) is 5.56 Å². The van der Waals surface area contributed by atoms with E-state index in [1.807, 2.05) is 0 Å². The molecular weight excluding hydrogens is 252 g/mol. The van der Waals surface area contributed by atoms with E-state index in [1.54, 1.807) is 6.07 Å². The number of nitro groups is 1. The number of esters is 1. The van der Waals surface area contributed by atoms with Crippen molar-refractivity contribution in [2.75, 3.05) is 6.61 Å². The maximum absolute atomic E-state index is 11.5. The summed E-state index contributed by atoms with van der Waals surface area (Å²) in [6.07, 6.45) is 1.17. The Morgan fingerprint density at radius 1 is 1.53 bits per heavy atom. The van der Waals surface area contributed by atoms with Crippen LogP contribution in [0.3, 0.4) is 0 Å². The maximum Gasteiger partial charge on any atom is 0.356 e. The molecule has 100 valence electrons. The average molecular weight is 264 g/mol. The summed E-state index contributed by atoms with van der Waals surface area (Å²) >= 11 is 0. The molecule has 1 aromatic rings. The van der Waals surface area contributed by atoms with Crippen LogP contribution >= 0.6 is 0 Å². The van der Waals surface area contributed by atoms with E-state index >= 15 is 0 Å². The van der Waals surface area contributed by atoms with Gasteiger partial charge in [-0.25, -0.2) is 4.79 Å². The molecule has 0 saturated heterocycles. The van der Waals surface area contributed by atoms with Gasteiger partial charge in [0, 0.05) is 18.1 Å². The Morgan fingerprint density at radius 3 is 2.79 bits per heavy atom. The summed E-state index contributed by atoms with van der Waals surface area (Å²) in [4.78, 5) is 21.7. The first-order valence-electron chi connectivity index (χ1n) is 5.31. The van der Waals surface area contributed by atoms with Gasteiger partial charge in [-0.15, -0.1) is 0 Å². The second-order valence-electron chi connectivity index (χ2n) is 3.50. The molecule has 0 spiro atoms. The minimum Gasteiger partial charge on any atom is -0.457 e. The molecule has 0 bridgehead atoms. The third-order valence-electron chi connectivity index (χ3n) is 2.23. The number of nitro benzene ring substituents is 1. The lowest BCUT2D eigenvalue weighted by Crippen LogP contribution is -2.20. The Balaban J connectivity index is 2.91. The summed E-state index contributed by atoms with van der Waals surface area (Å²) in [5.41, 5.74) is -0.202.